The average Bonchev–Trinajstić information content (AvgIpc) is 2.26. The van der Waals surface area contributed by atoms with E-state index in [2.05, 4.69) is 15.9 Å². The molecule has 0 heterocycles. The van der Waals surface area contributed by atoms with Gasteiger partial charge in [0.25, 0.3) is 0 Å². The lowest BCUT2D eigenvalue weighted by atomic mass is 10.1. The number of ether oxygens (including phenoxy) is 2. The van der Waals surface area contributed by atoms with Crippen LogP contribution in [0.15, 0.2) is 22.7 Å². The predicted octanol–water partition coefficient (Wildman–Crippen LogP) is 1.89. The molecule has 0 saturated heterocycles. The molecule has 0 spiro atoms. The summed E-state index contributed by atoms with van der Waals surface area (Å²) in [7, 11) is 1.52. The molecule has 1 aromatic carbocycles. The van der Waals surface area contributed by atoms with Crippen molar-refractivity contribution in [3.8, 4) is 5.75 Å². The number of hydrogen-bond donors (Lipinski definition) is 2. The third kappa shape index (κ3) is 4.63. The number of aliphatic hydroxyl groups is 2. The second-order valence-corrected chi connectivity index (χ2v) is 4.69. The minimum absolute atomic E-state index is 0.129. The number of benzene rings is 1. The van der Waals surface area contributed by atoms with E-state index >= 15 is 0 Å². The fourth-order valence-electron chi connectivity index (χ4n) is 1.40. The van der Waals surface area contributed by atoms with Crippen molar-refractivity contribution in [2.24, 2.45) is 0 Å². The van der Waals surface area contributed by atoms with Crippen LogP contribution in [0.4, 0.5) is 0 Å². The Kier molecular flexibility index (Phi) is 5.91. The zero-order valence-electron chi connectivity index (χ0n) is 9.89. The molecule has 96 valence electrons. The minimum atomic E-state index is -0.680. The first-order valence-corrected chi connectivity index (χ1v) is 6.11. The lowest BCUT2D eigenvalue weighted by Crippen LogP contribution is -2.23. The molecule has 5 heteroatoms. The van der Waals surface area contributed by atoms with Gasteiger partial charge < -0.3 is 19.7 Å². The van der Waals surface area contributed by atoms with Gasteiger partial charge in [0.1, 0.15) is 18.5 Å². The minimum Gasteiger partial charge on any atom is -0.490 e. The zero-order valence-corrected chi connectivity index (χ0v) is 11.5. The van der Waals surface area contributed by atoms with E-state index in [9.17, 15) is 10.2 Å². The number of methoxy groups -OCH3 is 1. The van der Waals surface area contributed by atoms with Crippen molar-refractivity contribution in [3.63, 3.8) is 0 Å². The molecule has 0 fully saturated rings. The molecule has 0 bridgehead atoms. The van der Waals surface area contributed by atoms with Crippen molar-refractivity contribution < 1.29 is 19.7 Å². The highest BCUT2D eigenvalue weighted by atomic mass is 79.9. The number of hydrogen-bond acceptors (Lipinski definition) is 4. The van der Waals surface area contributed by atoms with Crippen LogP contribution in [0.3, 0.4) is 0 Å². The van der Waals surface area contributed by atoms with Crippen molar-refractivity contribution >= 4 is 15.9 Å². The van der Waals surface area contributed by atoms with Crippen LogP contribution in [-0.2, 0) is 4.74 Å². The van der Waals surface area contributed by atoms with Gasteiger partial charge in [0, 0.05) is 17.1 Å². The van der Waals surface area contributed by atoms with E-state index in [0.717, 1.165) is 4.47 Å². The van der Waals surface area contributed by atoms with Gasteiger partial charge in [-0.1, -0.05) is 22.0 Å². The van der Waals surface area contributed by atoms with Gasteiger partial charge in [0.2, 0.25) is 0 Å². The van der Waals surface area contributed by atoms with Crippen LogP contribution in [0, 0.1) is 0 Å². The Balaban J connectivity index is 2.71. The smallest absolute Gasteiger partial charge is 0.126 e. The van der Waals surface area contributed by atoms with Gasteiger partial charge in [0.15, 0.2) is 0 Å². The second-order valence-electron chi connectivity index (χ2n) is 3.78. The topological polar surface area (TPSA) is 58.9 Å². The molecule has 4 nitrogen and oxygen atoms in total. The molecule has 0 aliphatic carbocycles. The molecule has 0 radical (unpaired) electrons. The maximum absolute atomic E-state index is 9.58. The van der Waals surface area contributed by atoms with E-state index in [0.29, 0.717) is 11.3 Å². The van der Waals surface area contributed by atoms with Gasteiger partial charge in [-0.3, -0.25) is 0 Å². The molecule has 0 saturated carbocycles. The maximum atomic E-state index is 9.58. The average molecular weight is 305 g/mol. The zero-order chi connectivity index (χ0) is 12.8. The molecule has 0 amide bonds. The summed E-state index contributed by atoms with van der Waals surface area (Å²) in [4.78, 5) is 0. The molecule has 17 heavy (non-hydrogen) atoms. The second kappa shape index (κ2) is 6.96. The summed E-state index contributed by atoms with van der Waals surface area (Å²) >= 11 is 3.33. The lowest BCUT2D eigenvalue weighted by Gasteiger charge is -2.16. The lowest BCUT2D eigenvalue weighted by molar-refractivity contribution is 0.0316. The Morgan fingerprint density at radius 3 is 2.59 bits per heavy atom. The monoisotopic (exact) mass is 304 g/mol. The fraction of sp³-hybridized carbons (Fsp3) is 0.500. The first kappa shape index (κ1) is 14.4. The van der Waals surface area contributed by atoms with E-state index in [-0.39, 0.29) is 13.2 Å². The highest BCUT2D eigenvalue weighted by Gasteiger charge is 2.11. The summed E-state index contributed by atoms with van der Waals surface area (Å²) in [6, 6.07) is 5.38. The van der Waals surface area contributed by atoms with Gasteiger partial charge in [0.05, 0.1) is 12.7 Å². The summed E-state index contributed by atoms with van der Waals surface area (Å²) < 4.78 is 11.1. The maximum Gasteiger partial charge on any atom is 0.126 e. The van der Waals surface area contributed by atoms with E-state index in [1.165, 1.54) is 7.11 Å². The first-order valence-electron chi connectivity index (χ1n) is 5.32. The van der Waals surface area contributed by atoms with Crippen LogP contribution >= 0.6 is 15.9 Å². The van der Waals surface area contributed by atoms with Crippen molar-refractivity contribution in [2.75, 3.05) is 20.3 Å². The van der Waals surface area contributed by atoms with Crippen molar-refractivity contribution in [3.05, 3.63) is 28.2 Å². The first-order chi connectivity index (χ1) is 8.04. The summed E-state index contributed by atoms with van der Waals surface area (Å²) in [5, 5.41) is 19.1. The van der Waals surface area contributed by atoms with Crippen molar-refractivity contribution in [1.82, 2.24) is 0 Å². The Labute approximate surface area is 109 Å². The highest BCUT2D eigenvalue weighted by molar-refractivity contribution is 9.10. The summed E-state index contributed by atoms with van der Waals surface area (Å²) in [6.45, 7) is 2.02. The molecular weight excluding hydrogens is 288 g/mol. The van der Waals surface area contributed by atoms with Crippen molar-refractivity contribution in [1.29, 1.82) is 0 Å². The molecule has 1 unspecified atom stereocenters. The molecule has 1 rings (SSSR count). The molecule has 0 aliphatic heterocycles. The largest absolute Gasteiger partial charge is 0.490 e. The third-order valence-corrected chi connectivity index (χ3v) is 2.71. The van der Waals surface area contributed by atoms with Crippen LogP contribution in [0.2, 0.25) is 0 Å². The summed E-state index contributed by atoms with van der Waals surface area (Å²) in [5.41, 5.74) is 0.692. The van der Waals surface area contributed by atoms with E-state index < -0.39 is 12.2 Å². The van der Waals surface area contributed by atoms with Crippen LogP contribution in [0.1, 0.15) is 18.6 Å². The Morgan fingerprint density at radius 2 is 2.00 bits per heavy atom. The van der Waals surface area contributed by atoms with Crippen LogP contribution < -0.4 is 4.74 Å². The van der Waals surface area contributed by atoms with Gasteiger partial charge in [-0.15, -0.1) is 0 Å². The SMILES string of the molecule is COCC(O)COc1cc(Br)ccc1[C@@H](C)O. The van der Waals surface area contributed by atoms with Crippen LogP contribution in [0.25, 0.3) is 0 Å². The van der Waals surface area contributed by atoms with Crippen molar-refractivity contribution in [2.45, 2.75) is 19.1 Å². The molecule has 2 atom stereocenters. The number of aliphatic hydroxyl groups excluding tert-OH is 2. The Bertz CT molecular complexity index is 354. The number of rotatable bonds is 6. The standard InChI is InChI=1S/C12H17BrO4/c1-8(14)11-4-3-9(13)5-12(11)17-7-10(15)6-16-2/h3-5,8,10,14-15H,6-7H2,1-2H3/t8-,10?/m1/s1. The molecule has 1 aromatic rings. The van der Waals surface area contributed by atoms with Gasteiger partial charge in [-0.25, -0.2) is 0 Å². The molecule has 0 aliphatic rings. The van der Waals surface area contributed by atoms with E-state index in [1.807, 2.05) is 6.07 Å². The molecular formula is C12H17BrO4. The Morgan fingerprint density at radius 1 is 1.29 bits per heavy atom. The predicted molar refractivity (Wildman–Crippen MR) is 68.2 cm³/mol. The quantitative estimate of drug-likeness (QED) is 0.842. The summed E-state index contributed by atoms with van der Waals surface area (Å²) in [6.07, 6.45) is -1.29. The number of halogens is 1. The molecule has 2 N–H and O–H groups in total. The highest BCUT2D eigenvalue weighted by Crippen LogP contribution is 2.28. The normalized spacial score (nSPS) is 14.4. The Hall–Kier alpha value is -0.620. The summed E-state index contributed by atoms with van der Waals surface area (Å²) in [5.74, 6) is 0.560. The van der Waals surface area contributed by atoms with E-state index in [1.54, 1.807) is 19.1 Å². The van der Waals surface area contributed by atoms with Gasteiger partial charge in [-0.2, -0.15) is 0 Å². The van der Waals surface area contributed by atoms with Crippen LogP contribution in [-0.4, -0.2) is 36.6 Å². The van der Waals surface area contributed by atoms with Gasteiger partial charge >= 0.3 is 0 Å². The molecule has 0 aromatic heterocycles. The fourth-order valence-corrected chi connectivity index (χ4v) is 1.74. The van der Waals surface area contributed by atoms with Crippen LogP contribution in [0.5, 0.6) is 5.75 Å². The van der Waals surface area contributed by atoms with Gasteiger partial charge in [-0.05, 0) is 19.1 Å². The third-order valence-electron chi connectivity index (χ3n) is 2.22. The van der Waals surface area contributed by atoms with E-state index in [4.69, 9.17) is 9.47 Å².